The second-order valence-corrected chi connectivity index (χ2v) is 7.72. The van der Waals surface area contributed by atoms with E-state index >= 15 is 0 Å². The molecule has 0 aliphatic carbocycles. The van der Waals surface area contributed by atoms with E-state index < -0.39 is 5.97 Å². The minimum Gasteiger partial charge on any atom is -0.478 e. The second-order valence-electron chi connectivity index (χ2n) is 7.72. The molecule has 0 aliphatic heterocycles. The largest absolute Gasteiger partial charge is 0.478 e. The van der Waals surface area contributed by atoms with Crippen LogP contribution in [0.25, 0.3) is 10.9 Å². The number of nitrogens with zero attached hydrogens (tertiary/aromatic N) is 1. The first-order valence-electron chi connectivity index (χ1n) is 7.96. The average molecular weight is 301 g/mol. The molecular formula is C19H27NO2. The highest BCUT2D eigenvalue weighted by Crippen LogP contribution is 2.37. The van der Waals surface area contributed by atoms with E-state index in [2.05, 4.69) is 59.2 Å². The van der Waals surface area contributed by atoms with Crippen molar-refractivity contribution in [3.05, 3.63) is 35.0 Å². The van der Waals surface area contributed by atoms with Gasteiger partial charge in [-0.2, -0.15) is 0 Å². The first kappa shape index (κ1) is 16.6. The highest BCUT2D eigenvalue weighted by atomic mass is 16.4. The summed E-state index contributed by atoms with van der Waals surface area (Å²) in [5.41, 5.74) is 3.76. The van der Waals surface area contributed by atoms with E-state index in [4.69, 9.17) is 0 Å². The molecule has 0 unspecified atom stereocenters. The van der Waals surface area contributed by atoms with Gasteiger partial charge in [-0.3, -0.25) is 0 Å². The second kappa shape index (κ2) is 5.45. The number of aromatic nitrogens is 1. The molecular weight excluding hydrogens is 274 g/mol. The number of fused-ring (bicyclic) bond motifs is 1. The van der Waals surface area contributed by atoms with Crippen molar-refractivity contribution >= 4 is 16.9 Å². The van der Waals surface area contributed by atoms with Crippen LogP contribution in [0.5, 0.6) is 0 Å². The third kappa shape index (κ3) is 2.77. The lowest BCUT2D eigenvalue weighted by molar-refractivity contribution is 0.0697. The van der Waals surface area contributed by atoms with Crippen molar-refractivity contribution in [2.75, 3.05) is 0 Å². The Morgan fingerprint density at radius 1 is 1.14 bits per heavy atom. The molecule has 22 heavy (non-hydrogen) atoms. The third-order valence-corrected chi connectivity index (χ3v) is 4.19. The lowest BCUT2D eigenvalue weighted by atomic mass is 9.83. The Labute approximate surface area is 133 Å². The summed E-state index contributed by atoms with van der Waals surface area (Å²) in [7, 11) is 0. The highest BCUT2D eigenvalue weighted by molar-refractivity contribution is 5.97. The molecule has 0 saturated heterocycles. The minimum absolute atomic E-state index is 0.108. The van der Waals surface area contributed by atoms with Gasteiger partial charge < -0.3 is 9.67 Å². The lowest BCUT2D eigenvalue weighted by Gasteiger charge is -2.23. The topological polar surface area (TPSA) is 42.2 Å². The van der Waals surface area contributed by atoms with E-state index in [0.717, 1.165) is 10.9 Å². The molecule has 0 aliphatic rings. The predicted molar refractivity (Wildman–Crippen MR) is 92.1 cm³/mol. The number of carbonyl (C=O) groups is 1. The maximum atomic E-state index is 11.5. The van der Waals surface area contributed by atoms with E-state index in [-0.39, 0.29) is 5.41 Å². The van der Waals surface area contributed by atoms with E-state index in [1.165, 1.54) is 11.1 Å². The van der Waals surface area contributed by atoms with Gasteiger partial charge in [0.1, 0.15) is 0 Å². The van der Waals surface area contributed by atoms with Gasteiger partial charge in [0.25, 0.3) is 0 Å². The SMILES string of the molecule is CC(C)c1cn(C(C)C)c2c(C(C)(C)C)cc(C(=O)O)cc12. The monoisotopic (exact) mass is 301 g/mol. The zero-order chi connectivity index (χ0) is 16.8. The highest BCUT2D eigenvalue weighted by Gasteiger charge is 2.25. The van der Waals surface area contributed by atoms with E-state index in [1.54, 1.807) is 0 Å². The van der Waals surface area contributed by atoms with Crippen molar-refractivity contribution in [1.29, 1.82) is 0 Å². The molecule has 1 aromatic heterocycles. The molecule has 1 heterocycles. The van der Waals surface area contributed by atoms with Crippen LogP contribution < -0.4 is 0 Å². The quantitative estimate of drug-likeness (QED) is 0.831. The summed E-state index contributed by atoms with van der Waals surface area (Å²) in [6.45, 7) is 15.1. The van der Waals surface area contributed by atoms with Crippen LogP contribution in [0.15, 0.2) is 18.3 Å². The Kier molecular flexibility index (Phi) is 4.12. The van der Waals surface area contributed by atoms with E-state index in [0.29, 0.717) is 17.5 Å². The molecule has 1 N–H and O–H groups in total. The maximum absolute atomic E-state index is 11.5. The van der Waals surface area contributed by atoms with Crippen molar-refractivity contribution in [3.63, 3.8) is 0 Å². The van der Waals surface area contributed by atoms with Crippen LogP contribution >= 0.6 is 0 Å². The summed E-state index contributed by atoms with van der Waals surface area (Å²) in [5, 5.41) is 10.6. The van der Waals surface area contributed by atoms with Crippen molar-refractivity contribution in [2.45, 2.75) is 65.8 Å². The van der Waals surface area contributed by atoms with Gasteiger partial charge in [-0.25, -0.2) is 4.79 Å². The molecule has 0 amide bonds. The molecule has 1 aromatic carbocycles. The fourth-order valence-corrected chi connectivity index (χ4v) is 2.98. The molecule has 0 radical (unpaired) electrons. The Morgan fingerprint density at radius 3 is 2.14 bits per heavy atom. The third-order valence-electron chi connectivity index (χ3n) is 4.19. The number of benzene rings is 1. The fraction of sp³-hybridized carbons (Fsp3) is 0.526. The normalized spacial score (nSPS) is 12.6. The van der Waals surface area contributed by atoms with Crippen LogP contribution in [-0.2, 0) is 5.41 Å². The van der Waals surface area contributed by atoms with Gasteiger partial charge in [-0.15, -0.1) is 0 Å². The van der Waals surface area contributed by atoms with Gasteiger partial charge in [0.2, 0.25) is 0 Å². The first-order chi connectivity index (χ1) is 10.0. The summed E-state index contributed by atoms with van der Waals surface area (Å²) in [4.78, 5) is 11.5. The zero-order valence-corrected chi connectivity index (χ0v) is 14.7. The number of carboxylic acids is 1. The molecule has 3 nitrogen and oxygen atoms in total. The fourth-order valence-electron chi connectivity index (χ4n) is 2.98. The molecule has 0 saturated carbocycles. The van der Waals surface area contributed by atoms with Gasteiger partial charge in [0.05, 0.1) is 11.1 Å². The van der Waals surface area contributed by atoms with Crippen LogP contribution in [0, 0.1) is 0 Å². The van der Waals surface area contributed by atoms with Crippen LogP contribution in [0.3, 0.4) is 0 Å². The Balaban J connectivity index is 2.99. The van der Waals surface area contributed by atoms with Crippen molar-refractivity contribution in [2.24, 2.45) is 0 Å². The molecule has 2 rings (SSSR count). The number of hydrogen-bond donors (Lipinski definition) is 1. The standard InChI is InChI=1S/C19H27NO2/c1-11(2)15-10-20(12(3)4)17-14(15)8-13(18(21)22)9-16(17)19(5,6)7/h8-12H,1-7H3,(H,21,22). The summed E-state index contributed by atoms with van der Waals surface area (Å²) in [6.07, 6.45) is 2.20. The lowest BCUT2D eigenvalue weighted by Crippen LogP contribution is -2.15. The number of carboxylic acid groups (broad SMARTS) is 1. The maximum Gasteiger partial charge on any atom is 0.335 e. The zero-order valence-electron chi connectivity index (χ0n) is 14.7. The van der Waals surface area contributed by atoms with Crippen molar-refractivity contribution in [1.82, 2.24) is 4.57 Å². The van der Waals surface area contributed by atoms with Gasteiger partial charge in [0, 0.05) is 17.6 Å². The molecule has 2 aromatic rings. The van der Waals surface area contributed by atoms with Crippen LogP contribution in [0.2, 0.25) is 0 Å². The number of rotatable bonds is 3. The number of aromatic carboxylic acids is 1. The molecule has 120 valence electrons. The van der Waals surface area contributed by atoms with Crippen molar-refractivity contribution < 1.29 is 9.90 Å². The Hall–Kier alpha value is -1.77. The van der Waals surface area contributed by atoms with Crippen molar-refractivity contribution in [3.8, 4) is 0 Å². The minimum atomic E-state index is -0.862. The first-order valence-corrected chi connectivity index (χ1v) is 7.96. The summed E-state index contributed by atoms with van der Waals surface area (Å²) >= 11 is 0. The van der Waals surface area contributed by atoms with Crippen LogP contribution in [-0.4, -0.2) is 15.6 Å². The Bertz CT molecular complexity index is 715. The summed E-state index contributed by atoms with van der Waals surface area (Å²) in [6, 6.07) is 4.01. The molecule has 0 spiro atoms. The molecule has 0 atom stereocenters. The summed E-state index contributed by atoms with van der Waals surface area (Å²) in [5.74, 6) is -0.501. The smallest absolute Gasteiger partial charge is 0.335 e. The predicted octanol–water partition coefficient (Wildman–Crippen LogP) is 5.34. The van der Waals surface area contributed by atoms with E-state index in [9.17, 15) is 9.90 Å². The average Bonchev–Trinajstić information content (AvgIpc) is 2.75. The van der Waals surface area contributed by atoms with Crippen LogP contribution in [0.1, 0.15) is 81.9 Å². The van der Waals surface area contributed by atoms with Gasteiger partial charge in [-0.1, -0.05) is 34.6 Å². The molecule has 3 heteroatoms. The van der Waals surface area contributed by atoms with Gasteiger partial charge in [0.15, 0.2) is 0 Å². The van der Waals surface area contributed by atoms with Gasteiger partial charge in [-0.05, 0) is 48.4 Å². The Morgan fingerprint density at radius 2 is 1.73 bits per heavy atom. The molecule has 0 fully saturated rings. The van der Waals surface area contributed by atoms with Crippen LogP contribution in [0.4, 0.5) is 0 Å². The van der Waals surface area contributed by atoms with E-state index in [1.807, 2.05) is 12.1 Å². The van der Waals surface area contributed by atoms with Gasteiger partial charge >= 0.3 is 5.97 Å². The summed E-state index contributed by atoms with van der Waals surface area (Å²) < 4.78 is 2.29. The molecule has 0 bridgehead atoms. The number of hydrogen-bond acceptors (Lipinski definition) is 1.